The van der Waals surface area contributed by atoms with E-state index in [9.17, 15) is 24.0 Å². The summed E-state index contributed by atoms with van der Waals surface area (Å²) >= 11 is 0. The van der Waals surface area contributed by atoms with Crippen molar-refractivity contribution in [2.75, 3.05) is 11.9 Å². The third-order valence-corrected chi connectivity index (χ3v) is 5.67. The van der Waals surface area contributed by atoms with Crippen LogP contribution in [0, 0.1) is 5.92 Å². The number of fused-ring (bicyclic) bond motifs is 1. The molecule has 3 rings (SSSR count). The third-order valence-electron chi connectivity index (χ3n) is 5.67. The van der Waals surface area contributed by atoms with Crippen molar-refractivity contribution in [3.8, 4) is 0 Å². The Morgan fingerprint density at radius 1 is 1.24 bits per heavy atom. The molecular weight excluding hydrogens is 450 g/mol. The van der Waals surface area contributed by atoms with Gasteiger partial charge in [-0.2, -0.15) is 4.98 Å². The predicted molar refractivity (Wildman–Crippen MR) is 119 cm³/mol. The summed E-state index contributed by atoms with van der Waals surface area (Å²) < 4.78 is 18.8. The second-order valence-electron chi connectivity index (χ2n) is 8.25. The van der Waals surface area contributed by atoms with Gasteiger partial charge >= 0.3 is 17.6 Å². The SMILES string of the molecule is CC[C@H](C)[C@@H]1C[C@@H](OC(C)=O)[C@H](n2c(=O)n(CCOC(C)=O)c3c(=O)[nH]c(NC(C)=O)nc32)O1. The molecule has 1 saturated heterocycles. The van der Waals surface area contributed by atoms with Gasteiger partial charge in [-0.05, 0) is 5.92 Å². The first-order chi connectivity index (χ1) is 16.0. The van der Waals surface area contributed by atoms with Crippen LogP contribution in [-0.4, -0.2) is 55.8 Å². The van der Waals surface area contributed by atoms with Crippen LogP contribution in [0.2, 0.25) is 0 Å². The van der Waals surface area contributed by atoms with Gasteiger partial charge in [-0.1, -0.05) is 20.3 Å². The topological polar surface area (TPSA) is 164 Å². The second kappa shape index (κ2) is 10.2. The van der Waals surface area contributed by atoms with E-state index < -0.39 is 41.4 Å². The van der Waals surface area contributed by atoms with Gasteiger partial charge in [0.2, 0.25) is 11.9 Å². The van der Waals surface area contributed by atoms with E-state index in [0.717, 1.165) is 15.6 Å². The number of nitrogens with zero attached hydrogens (tertiary/aromatic N) is 3. The monoisotopic (exact) mass is 479 g/mol. The van der Waals surface area contributed by atoms with Crippen LogP contribution < -0.4 is 16.6 Å². The number of carbonyl (C=O) groups is 3. The quantitative estimate of drug-likeness (QED) is 0.518. The summed E-state index contributed by atoms with van der Waals surface area (Å²) in [5, 5.41) is 2.40. The molecule has 0 saturated carbocycles. The zero-order valence-corrected chi connectivity index (χ0v) is 19.7. The highest BCUT2D eigenvalue weighted by molar-refractivity contribution is 5.87. The molecule has 13 nitrogen and oxygen atoms in total. The summed E-state index contributed by atoms with van der Waals surface area (Å²) in [4.78, 5) is 67.6. The molecule has 1 aliphatic rings. The van der Waals surface area contributed by atoms with E-state index in [4.69, 9.17) is 14.2 Å². The van der Waals surface area contributed by atoms with E-state index >= 15 is 0 Å². The summed E-state index contributed by atoms with van der Waals surface area (Å²) in [7, 11) is 0. The molecule has 2 aromatic rings. The average Bonchev–Trinajstić information content (AvgIpc) is 3.25. The Hall–Kier alpha value is -3.48. The van der Waals surface area contributed by atoms with Crippen molar-refractivity contribution < 1.29 is 28.6 Å². The number of imidazole rings is 1. The molecule has 3 heterocycles. The Bertz CT molecular complexity index is 1210. The maximum atomic E-state index is 13.5. The molecule has 0 bridgehead atoms. The van der Waals surface area contributed by atoms with Gasteiger partial charge in [0.1, 0.15) is 12.7 Å². The van der Waals surface area contributed by atoms with E-state index in [1.165, 1.54) is 20.8 Å². The Labute approximate surface area is 194 Å². The van der Waals surface area contributed by atoms with Crippen LogP contribution in [0.4, 0.5) is 5.95 Å². The highest BCUT2D eigenvalue weighted by atomic mass is 16.6. The molecule has 34 heavy (non-hydrogen) atoms. The second-order valence-corrected chi connectivity index (χ2v) is 8.25. The molecular formula is C21H29N5O8. The first-order valence-electron chi connectivity index (χ1n) is 11.0. The Balaban J connectivity index is 2.19. The van der Waals surface area contributed by atoms with Crippen molar-refractivity contribution in [2.24, 2.45) is 5.92 Å². The fourth-order valence-corrected chi connectivity index (χ4v) is 3.97. The van der Waals surface area contributed by atoms with Crippen LogP contribution in [0.25, 0.3) is 11.2 Å². The number of aromatic nitrogens is 4. The van der Waals surface area contributed by atoms with E-state index in [1.54, 1.807) is 0 Å². The molecule has 1 fully saturated rings. The lowest BCUT2D eigenvalue weighted by molar-refractivity contribution is -0.152. The predicted octanol–water partition coefficient (Wildman–Crippen LogP) is 0.673. The minimum absolute atomic E-state index is 0.0627. The fraction of sp³-hybridized carbons (Fsp3) is 0.619. The average molecular weight is 479 g/mol. The standard InChI is InChI=1S/C21H29N5O8/c1-6-10(2)14-9-15(33-13(5)29)19(34-14)26-17-16(18(30)24-20(23-17)22-11(3)27)25(21(26)31)7-8-32-12(4)28/h10,14-15,19H,6-9H2,1-5H3,(H2,22,23,24,27,30)/t10-,14-,15+,19+/m0/s1. The molecule has 1 amide bonds. The Kier molecular flexibility index (Phi) is 7.54. The van der Waals surface area contributed by atoms with Gasteiger partial charge < -0.3 is 14.2 Å². The lowest BCUT2D eigenvalue weighted by Crippen LogP contribution is -2.34. The van der Waals surface area contributed by atoms with Crippen molar-refractivity contribution in [3.63, 3.8) is 0 Å². The van der Waals surface area contributed by atoms with E-state index in [0.29, 0.717) is 6.42 Å². The van der Waals surface area contributed by atoms with Crippen molar-refractivity contribution in [3.05, 3.63) is 20.8 Å². The van der Waals surface area contributed by atoms with Gasteiger partial charge in [-0.15, -0.1) is 0 Å². The number of esters is 2. The van der Waals surface area contributed by atoms with Crippen LogP contribution in [0.3, 0.4) is 0 Å². The summed E-state index contributed by atoms with van der Waals surface area (Å²) in [5.41, 5.74) is -1.50. The maximum absolute atomic E-state index is 13.5. The van der Waals surface area contributed by atoms with E-state index in [2.05, 4.69) is 15.3 Å². The highest BCUT2D eigenvalue weighted by Gasteiger charge is 2.43. The summed E-state index contributed by atoms with van der Waals surface area (Å²) in [5.74, 6) is -1.60. The summed E-state index contributed by atoms with van der Waals surface area (Å²) in [6.45, 7) is 7.44. The number of H-pyrrole nitrogens is 1. The van der Waals surface area contributed by atoms with Crippen molar-refractivity contribution in [2.45, 2.75) is 72.4 Å². The molecule has 186 valence electrons. The molecule has 2 aromatic heterocycles. The lowest BCUT2D eigenvalue weighted by Gasteiger charge is -2.20. The molecule has 0 spiro atoms. The van der Waals surface area contributed by atoms with Gasteiger partial charge in [0, 0.05) is 27.2 Å². The minimum atomic E-state index is -1.05. The first kappa shape index (κ1) is 25.1. The van der Waals surface area contributed by atoms with Crippen LogP contribution in [0.1, 0.15) is 53.7 Å². The van der Waals surface area contributed by atoms with Gasteiger partial charge in [0.25, 0.3) is 5.56 Å². The number of amides is 1. The summed E-state index contributed by atoms with van der Waals surface area (Å²) in [6, 6.07) is 0. The number of nitrogens with one attached hydrogen (secondary N) is 2. The number of hydrogen-bond acceptors (Lipinski definition) is 9. The van der Waals surface area contributed by atoms with Gasteiger partial charge in [-0.25, -0.2) is 9.36 Å². The first-order valence-corrected chi connectivity index (χ1v) is 11.0. The molecule has 4 atom stereocenters. The lowest BCUT2D eigenvalue weighted by atomic mass is 9.99. The maximum Gasteiger partial charge on any atom is 0.332 e. The van der Waals surface area contributed by atoms with Crippen LogP contribution in [0.15, 0.2) is 9.59 Å². The number of anilines is 1. The molecule has 2 N–H and O–H groups in total. The number of aromatic amines is 1. The zero-order valence-electron chi connectivity index (χ0n) is 19.7. The fourth-order valence-electron chi connectivity index (χ4n) is 3.97. The Morgan fingerprint density at radius 3 is 2.53 bits per heavy atom. The highest BCUT2D eigenvalue weighted by Crippen LogP contribution is 2.36. The molecule has 0 aliphatic carbocycles. The number of carbonyl (C=O) groups excluding carboxylic acids is 3. The van der Waals surface area contributed by atoms with Crippen LogP contribution in [0.5, 0.6) is 0 Å². The van der Waals surface area contributed by atoms with E-state index in [1.807, 2.05) is 13.8 Å². The molecule has 0 radical (unpaired) electrons. The molecule has 13 heteroatoms. The van der Waals surface area contributed by atoms with E-state index in [-0.39, 0.29) is 42.3 Å². The molecule has 1 aliphatic heterocycles. The number of hydrogen-bond donors (Lipinski definition) is 2. The Morgan fingerprint density at radius 2 is 1.94 bits per heavy atom. The normalized spacial score (nSPS) is 20.8. The zero-order chi connectivity index (χ0) is 25.2. The van der Waals surface area contributed by atoms with Gasteiger partial charge in [0.05, 0.1) is 12.6 Å². The van der Waals surface area contributed by atoms with Gasteiger partial charge in [0.15, 0.2) is 17.4 Å². The summed E-state index contributed by atoms with van der Waals surface area (Å²) in [6.07, 6.45) is -0.997. The van der Waals surface area contributed by atoms with Crippen LogP contribution >= 0.6 is 0 Å². The van der Waals surface area contributed by atoms with Crippen LogP contribution in [-0.2, 0) is 35.1 Å². The van der Waals surface area contributed by atoms with Crippen molar-refractivity contribution in [1.82, 2.24) is 19.1 Å². The smallest absolute Gasteiger partial charge is 0.332 e. The van der Waals surface area contributed by atoms with Crippen molar-refractivity contribution >= 4 is 35.0 Å². The number of rotatable bonds is 8. The number of ether oxygens (including phenoxy) is 3. The minimum Gasteiger partial charge on any atom is -0.464 e. The molecule has 0 aromatic carbocycles. The molecule has 0 unspecified atom stereocenters. The third kappa shape index (κ3) is 5.19. The van der Waals surface area contributed by atoms with Crippen molar-refractivity contribution in [1.29, 1.82) is 0 Å². The largest absolute Gasteiger partial charge is 0.464 e. The van der Waals surface area contributed by atoms with Gasteiger partial charge in [-0.3, -0.25) is 34.0 Å².